The van der Waals surface area contributed by atoms with Crippen LogP contribution in [0.5, 0.6) is 0 Å². The normalized spacial score (nSPS) is 21.4. The predicted octanol–water partition coefficient (Wildman–Crippen LogP) is 3.01. The van der Waals surface area contributed by atoms with E-state index >= 15 is 0 Å². The molecule has 0 spiro atoms. The topological polar surface area (TPSA) is 56.7 Å². The lowest BCUT2D eigenvalue weighted by atomic mass is 9.93. The van der Waals surface area contributed by atoms with E-state index in [-0.39, 0.29) is 30.1 Å². The van der Waals surface area contributed by atoms with Crippen molar-refractivity contribution in [1.82, 2.24) is 10.6 Å². The van der Waals surface area contributed by atoms with Crippen molar-refractivity contribution in [2.45, 2.75) is 58.1 Å². The molecule has 1 aromatic rings. The molecule has 0 aromatic heterocycles. The first-order valence-electron chi connectivity index (χ1n) is 8.46. The number of aliphatic hydroxyl groups is 1. The molecule has 130 valence electrons. The highest BCUT2D eigenvalue weighted by Crippen LogP contribution is 2.18. The van der Waals surface area contributed by atoms with Gasteiger partial charge in [-0.15, -0.1) is 24.0 Å². The van der Waals surface area contributed by atoms with Crippen LogP contribution in [0.3, 0.4) is 0 Å². The zero-order valence-electron chi connectivity index (χ0n) is 14.2. The SMILES string of the molecule is CCNC(=NCCc1cccc(C)c1)NC1CCC(O)CC1.I. The quantitative estimate of drug-likeness (QED) is 0.382. The first-order chi connectivity index (χ1) is 10.7. The van der Waals surface area contributed by atoms with Gasteiger partial charge in [0, 0.05) is 19.1 Å². The molecule has 2 rings (SSSR count). The number of nitrogens with one attached hydrogen (secondary N) is 2. The molecule has 1 aliphatic carbocycles. The summed E-state index contributed by atoms with van der Waals surface area (Å²) in [6.45, 7) is 5.86. The molecule has 0 saturated heterocycles. The number of halogens is 1. The third-order valence-corrected chi connectivity index (χ3v) is 4.13. The first kappa shape index (κ1) is 20.2. The van der Waals surface area contributed by atoms with Crippen LogP contribution in [0.15, 0.2) is 29.3 Å². The molecule has 1 saturated carbocycles. The van der Waals surface area contributed by atoms with Gasteiger partial charge >= 0.3 is 0 Å². The van der Waals surface area contributed by atoms with Crippen molar-refractivity contribution >= 4 is 29.9 Å². The van der Waals surface area contributed by atoms with Gasteiger partial charge in [0.1, 0.15) is 0 Å². The van der Waals surface area contributed by atoms with Crippen LogP contribution in [0, 0.1) is 6.92 Å². The van der Waals surface area contributed by atoms with E-state index in [2.05, 4.69) is 53.7 Å². The van der Waals surface area contributed by atoms with E-state index in [9.17, 15) is 5.11 Å². The Morgan fingerprint density at radius 3 is 2.65 bits per heavy atom. The van der Waals surface area contributed by atoms with Crippen LogP contribution in [0.2, 0.25) is 0 Å². The number of aliphatic hydroxyl groups excluding tert-OH is 1. The zero-order valence-corrected chi connectivity index (χ0v) is 16.5. The van der Waals surface area contributed by atoms with Crippen LogP contribution < -0.4 is 10.6 Å². The summed E-state index contributed by atoms with van der Waals surface area (Å²) in [6.07, 6.45) is 4.66. The Bertz CT molecular complexity index is 485. The fourth-order valence-corrected chi connectivity index (χ4v) is 2.90. The summed E-state index contributed by atoms with van der Waals surface area (Å²) in [5, 5.41) is 16.4. The molecule has 0 aliphatic heterocycles. The van der Waals surface area contributed by atoms with E-state index in [0.29, 0.717) is 6.04 Å². The van der Waals surface area contributed by atoms with Crippen LogP contribution >= 0.6 is 24.0 Å². The monoisotopic (exact) mass is 431 g/mol. The Labute approximate surface area is 157 Å². The number of hydrogen-bond donors (Lipinski definition) is 3. The summed E-state index contributed by atoms with van der Waals surface area (Å²) < 4.78 is 0. The molecule has 3 N–H and O–H groups in total. The highest BCUT2D eigenvalue weighted by Gasteiger charge is 2.19. The maximum Gasteiger partial charge on any atom is 0.191 e. The number of hydrogen-bond acceptors (Lipinski definition) is 2. The molecule has 23 heavy (non-hydrogen) atoms. The second-order valence-electron chi connectivity index (χ2n) is 6.15. The van der Waals surface area contributed by atoms with E-state index in [4.69, 9.17) is 0 Å². The second kappa shape index (κ2) is 10.9. The summed E-state index contributed by atoms with van der Waals surface area (Å²) in [4.78, 5) is 4.68. The van der Waals surface area contributed by atoms with Gasteiger partial charge in [-0.3, -0.25) is 4.99 Å². The molecule has 1 aliphatic rings. The van der Waals surface area contributed by atoms with Crippen LogP contribution in [0.25, 0.3) is 0 Å². The Hall–Kier alpha value is -0.820. The molecule has 5 heteroatoms. The van der Waals surface area contributed by atoms with Gasteiger partial charge in [-0.2, -0.15) is 0 Å². The van der Waals surface area contributed by atoms with Crippen LogP contribution in [0.1, 0.15) is 43.7 Å². The number of benzene rings is 1. The van der Waals surface area contributed by atoms with Gasteiger partial charge in [-0.1, -0.05) is 29.8 Å². The predicted molar refractivity (Wildman–Crippen MR) is 108 cm³/mol. The fourth-order valence-electron chi connectivity index (χ4n) is 2.90. The molecule has 1 fully saturated rings. The van der Waals surface area contributed by atoms with E-state index in [1.165, 1.54) is 11.1 Å². The summed E-state index contributed by atoms with van der Waals surface area (Å²) in [5.41, 5.74) is 2.63. The molecule has 4 nitrogen and oxygen atoms in total. The van der Waals surface area contributed by atoms with E-state index < -0.39 is 0 Å². The lowest BCUT2D eigenvalue weighted by Crippen LogP contribution is -2.45. The van der Waals surface area contributed by atoms with E-state index in [1.54, 1.807) is 0 Å². The van der Waals surface area contributed by atoms with Gasteiger partial charge in [0.15, 0.2) is 5.96 Å². The second-order valence-corrected chi connectivity index (χ2v) is 6.15. The van der Waals surface area contributed by atoms with Crippen molar-refractivity contribution in [3.63, 3.8) is 0 Å². The third kappa shape index (κ3) is 7.52. The lowest BCUT2D eigenvalue weighted by molar-refractivity contribution is 0.120. The third-order valence-electron chi connectivity index (χ3n) is 4.13. The Morgan fingerprint density at radius 2 is 2.00 bits per heavy atom. The van der Waals surface area contributed by atoms with Crippen LogP contribution in [-0.2, 0) is 6.42 Å². The Balaban J connectivity index is 0.00000264. The van der Waals surface area contributed by atoms with Crippen molar-refractivity contribution in [2.75, 3.05) is 13.1 Å². The minimum Gasteiger partial charge on any atom is -0.393 e. The van der Waals surface area contributed by atoms with Crippen LogP contribution in [0.4, 0.5) is 0 Å². The van der Waals surface area contributed by atoms with E-state index in [0.717, 1.165) is 51.2 Å². The molecule has 0 amide bonds. The maximum absolute atomic E-state index is 9.58. The molecule has 0 unspecified atom stereocenters. The van der Waals surface area contributed by atoms with Crippen molar-refractivity contribution in [2.24, 2.45) is 4.99 Å². The summed E-state index contributed by atoms with van der Waals surface area (Å²) in [5.74, 6) is 0.900. The molecular formula is C18H30IN3O. The maximum atomic E-state index is 9.58. The molecule has 0 radical (unpaired) electrons. The average Bonchev–Trinajstić information content (AvgIpc) is 2.50. The van der Waals surface area contributed by atoms with Crippen molar-refractivity contribution in [1.29, 1.82) is 0 Å². The lowest BCUT2D eigenvalue weighted by Gasteiger charge is -2.27. The number of aryl methyl sites for hydroxylation is 1. The minimum atomic E-state index is -0.112. The average molecular weight is 431 g/mol. The highest BCUT2D eigenvalue weighted by molar-refractivity contribution is 14.0. The number of rotatable bonds is 5. The smallest absolute Gasteiger partial charge is 0.191 e. The van der Waals surface area contributed by atoms with Gasteiger partial charge < -0.3 is 15.7 Å². The summed E-state index contributed by atoms with van der Waals surface area (Å²) in [7, 11) is 0. The largest absolute Gasteiger partial charge is 0.393 e. The Morgan fingerprint density at radius 1 is 1.26 bits per heavy atom. The standard InChI is InChI=1S/C18H29N3O.HI/c1-3-19-18(21-16-7-9-17(22)10-8-16)20-12-11-15-6-4-5-14(2)13-15;/h4-6,13,16-17,22H,3,7-12H2,1-2H3,(H2,19,20,21);1H. The van der Waals surface area contributed by atoms with Crippen LogP contribution in [-0.4, -0.2) is 36.3 Å². The molecule has 0 bridgehead atoms. The molecular weight excluding hydrogens is 401 g/mol. The van der Waals surface area contributed by atoms with Crippen molar-refractivity contribution in [3.05, 3.63) is 35.4 Å². The highest BCUT2D eigenvalue weighted by atomic mass is 127. The van der Waals surface area contributed by atoms with Gasteiger partial charge in [-0.25, -0.2) is 0 Å². The molecule has 0 atom stereocenters. The molecule has 1 aromatic carbocycles. The number of aliphatic imine (C=N–C) groups is 1. The van der Waals surface area contributed by atoms with Crippen molar-refractivity contribution in [3.8, 4) is 0 Å². The minimum absolute atomic E-state index is 0. The van der Waals surface area contributed by atoms with Crippen molar-refractivity contribution < 1.29 is 5.11 Å². The van der Waals surface area contributed by atoms with Gasteiger partial charge in [-0.05, 0) is 51.5 Å². The molecule has 0 heterocycles. The number of guanidine groups is 1. The van der Waals surface area contributed by atoms with E-state index in [1.807, 2.05) is 0 Å². The van der Waals surface area contributed by atoms with Gasteiger partial charge in [0.25, 0.3) is 0 Å². The fraction of sp³-hybridized carbons (Fsp3) is 0.611. The Kier molecular flexibility index (Phi) is 9.55. The summed E-state index contributed by atoms with van der Waals surface area (Å²) in [6, 6.07) is 9.03. The van der Waals surface area contributed by atoms with Gasteiger partial charge in [0.05, 0.1) is 6.10 Å². The summed E-state index contributed by atoms with van der Waals surface area (Å²) >= 11 is 0. The first-order valence-corrected chi connectivity index (χ1v) is 8.46. The number of nitrogens with zero attached hydrogens (tertiary/aromatic N) is 1. The zero-order chi connectivity index (χ0) is 15.8. The van der Waals surface area contributed by atoms with Gasteiger partial charge in [0.2, 0.25) is 0 Å².